The summed E-state index contributed by atoms with van der Waals surface area (Å²) in [6.45, 7) is 0. The van der Waals surface area contributed by atoms with Crippen LogP contribution in [0.25, 0.3) is 0 Å². The second-order valence-corrected chi connectivity index (χ2v) is 6.79. The van der Waals surface area contributed by atoms with Crippen molar-refractivity contribution in [1.29, 1.82) is 0 Å². The minimum absolute atomic E-state index is 0.0722. The van der Waals surface area contributed by atoms with Crippen molar-refractivity contribution in [2.75, 3.05) is 5.33 Å². The summed E-state index contributed by atoms with van der Waals surface area (Å²) < 4.78 is 0. The lowest BCUT2D eigenvalue weighted by Gasteiger charge is -2.18. The zero-order valence-corrected chi connectivity index (χ0v) is 15.9. The number of amides is 1. The summed E-state index contributed by atoms with van der Waals surface area (Å²) in [4.78, 5) is 25.2. The van der Waals surface area contributed by atoms with Crippen molar-refractivity contribution in [3.05, 3.63) is 71.8 Å². The summed E-state index contributed by atoms with van der Waals surface area (Å²) in [5.74, 6) is -0.156. The average Bonchev–Trinajstić information content (AvgIpc) is 2.67. The maximum absolute atomic E-state index is 12.9. The zero-order chi connectivity index (χ0) is 17.9. The fraction of sp³-hybridized carbons (Fsp3) is 0.333. The molecule has 0 heterocycles. The number of carbonyl (C=O) groups is 2. The number of nitrogens with one attached hydrogen (secondary N) is 1. The van der Waals surface area contributed by atoms with Crippen molar-refractivity contribution in [2.45, 2.75) is 38.1 Å². The largest absolute Gasteiger partial charge is 0.342 e. The van der Waals surface area contributed by atoms with Crippen LogP contribution in [0.2, 0.25) is 0 Å². The van der Waals surface area contributed by atoms with E-state index in [0.29, 0.717) is 12.0 Å². The van der Waals surface area contributed by atoms with E-state index >= 15 is 0 Å². The van der Waals surface area contributed by atoms with E-state index in [9.17, 15) is 9.59 Å². The first kappa shape index (κ1) is 19.4. The fourth-order valence-electron chi connectivity index (χ4n) is 2.68. The van der Waals surface area contributed by atoms with Gasteiger partial charge in [-0.25, -0.2) is 0 Å². The molecule has 0 aromatic heterocycles. The zero-order valence-electron chi connectivity index (χ0n) is 14.3. The molecule has 0 radical (unpaired) electrons. The van der Waals surface area contributed by atoms with Crippen LogP contribution in [0.15, 0.2) is 60.7 Å². The highest BCUT2D eigenvalue weighted by molar-refractivity contribution is 9.09. The van der Waals surface area contributed by atoms with E-state index in [4.69, 9.17) is 0 Å². The van der Waals surface area contributed by atoms with E-state index in [1.807, 2.05) is 48.5 Å². The number of ketones is 1. The maximum Gasteiger partial charge on any atom is 0.220 e. The number of carbonyl (C=O) groups excluding carboxylic acids is 2. The topological polar surface area (TPSA) is 46.2 Å². The van der Waals surface area contributed by atoms with Gasteiger partial charge in [0, 0.05) is 17.3 Å². The second kappa shape index (κ2) is 10.8. The molecule has 0 fully saturated rings. The van der Waals surface area contributed by atoms with Gasteiger partial charge in [0.05, 0.1) is 0 Å². The number of hydrogen-bond donors (Lipinski definition) is 1. The average molecular weight is 402 g/mol. The molecule has 25 heavy (non-hydrogen) atoms. The normalized spacial score (nSPS) is 11.7. The van der Waals surface area contributed by atoms with Crippen molar-refractivity contribution in [2.24, 2.45) is 0 Å². The highest BCUT2D eigenvalue weighted by atomic mass is 79.9. The molecule has 4 heteroatoms. The molecule has 0 saturated heterocycles. The summed E-state index contributed by atoms with van der Waals surface area (Å²) in [5.41, 5.74) is 1.41. The van der Waals surface area contributed by atoms with Gasteiger partial charge in [-0.2, -0.15) is 0 Å². The monoisotopic (exact) mass is 401 g/mol. The van der Waals surface area contributed by atoms with Crippen LogP contribution in [0.1, 0.15) is 54.1 Å². The maximum atomic E-state index is 12.9. The van der Waals surface area contributed by atoms with Crippen LogP contribution in [-0.2, 0) is 4.79 Å². The number of alkyl halides is 1. The molecule has 0 spiro atoms. The molecule has 1 unspecified atom stereocenters. The Labute approximate surface area is 158 Å². The molecule has 1 N–H and O–H groups in total. The van der Waals surface area contributed by atoms with Gasteiger partial charge in [-0.15, -0.1) is 0 Å². The van der Waals surface area contributed by atoms with Crippen LogP contribution in [0.3, 0.4) is 0 Å². The Kier molecular flexibility index (Phi) is 8.40. The fourth-order valence-corrected chi connectivity index (χ4v) is 3.08. The van der Waals surface area contributed by atoms with Gasteiger partial charge in [0.25, 0.3) is 0 Å². The minimum atomic E-state index is -0.640. The Hall–Kier alpha value is -1.94. The predicted molar refractivity (Wildman–Crippen MR) is 105 cm³/mol. The van der Waals surface area contributed by atoms with Crippen molar-refractivity contribution in [3.8, 4) is 0 Å². The van der Waals surface area contributed by atoms with Gasteiger partial charge in [-0.05, 0) is 18.4 Å². The molecule has 0 aliphatic heterocycles. The Morgan fingerprint density at radius 2 is 1.44 bits per heavy atom. The van der Waals surface area contributed by atoms with Crippen LogP contribution < -0.4 is 5.32 Å². The molecule has 0 aliphatic carbocycles. The van der Waals surface area contributed by atoms with Crippen molar-refractivity contribution in [3.63, 3.8) is 0 Å². The van der Waals surface area contributed by atoms with Gasteiger partial charge < -0.3 is 5.32 Å². The van der Waals surface area contributed by atoms with Crippen molar-refractivity contribution >= 4 is 27.6 Å². The molecule has 2 aromatic rings. The van der Waals surface area contributed by atoms with Gasteiger partial charge in [0.2, 0.25) is 5.91 Å². The summed E-state index contributed by atoms with van der Waals surface area (Å²) in [6.07, 6.45) is 4.57. The van der Waals surface area contributed by atoms with Gasteiger partial charge in [0.1, 0.15) is 6.04 Å². The van der Waals surface area contributed by atoms with Crippen molar-refractivity contribution in [1.82, 2.24) is 5.32 Å². The standard InChI is InChI=1S/C21H24BrNO2/c22-16-10-2-1-9-15-19(24)23-20(17-11-5-3-6-12-17)21(25)18-13-7-4-8-14-18/h3-8,11-14,20H,1-2,9-10,15-16H2,(H,23,24). The smallest absolute Gasteiger partial charge is 0.220 e. The van der Waals surface area contributed by atoms with E-state index in [2.05, 4.69) is 21.2 Å². The first-order valence-corrected chi connectivity index (χ1v) is 9.84. The Morgan fingerprint density at radius 3 is 2.08 bits per heavy atom. The molecule has 0 bridgehead atoms. The van der Waals surface area contributed by atoms with E-state index < -0.39 is 6.04 Å². The first-order valence-electron chi connectivity index (χ1n) is 8.72. The molecule has 3 nitrogen and oxygen atoms in total. The molecule has 0 saturated carbocycles. The third-order valence-corrected chi connectivity index (χ3v) is 4.61. The summed E-state index contributed by atoms with van der Waals surface area (Å²) in [6, 6.07) is 17.9. The van der Waals surface area contributed by atoms with Crippen molar-refractivity contribution < 1.29 is 9.59 Å². The number of Topliss-reactive ketones (excluding diaryl/α,β-unsaturated/α-hetero) is 1. The quantitative estimate of drug-likeness (QED) is 0.343. The van der Waals surface area contributed by atoms with Crippen LogP contribution in [0, 0.1) is 0 Å². The van der Waals surface area contributed by atoms with Crippen LogP contribution >= 0.6 is 15.9 Å². The third-order valence-electron chi connectivity index (χ3n) is 4.05. The van der Waals surface area contributed by atoms with Crippen LogP contribution in [0.4, 0.5) is 0 Å². The number of halogens is 1. The number of unbranched alkanes of at least 4 members (excludes halogenated alkanes) is 3. The predicted octanol–water partition coefficient (Wildman–Crippen LogP) is 5.07. The minimum Gasteiger partial charge on any atom is -0.342 e. The van der Waals surface area contributed by atoms with Gasteiger partial charge in [0.15, 0.2) is 5.78 Å². The van der Waals surface area contributed by atoms with Gasteiger partial charge >= 0.3 is 0 Å². The molecule has 1 atom stereocenters. The molecular weight excluding hydrogens is 378 g/mol. The highest BCUT2D eigenvalue weighted by Crippen LogP contribution is 2.19. The number of hydrogen-bond acceptors (Lipinski definition) is 2. The number of benzene rings is 2. The highest BCUT2D eigenvalue weighted by Gasteiger charge is 2.23. The first-order chi connectivity index (χ1) is 12.2. The molecule has 132 valence electrons. The Morgan fingerprint density at radius 1 is 0.840 bits per heavy atom. The Bertz CT molecular complexity index is 658. The molecule has 0 aliphatic rings. The van der Waals surface area contributed by atoms with Gasteiger partial charge in [-0.1, -0.05) is 89.4 Å². The summed E-state index contributed by atoms with van der Waals surface area (Å²) in [5, 5.41) is 3.93. The van der Waals surface area contributed by atoms with E-state index in [1.165, 1.54) is 0 Å². The van der Waals surface area contributed by atoms with E-state index in [0.717, 1.165) is 36.6 Å². The lowest BCUT2D eigenvalue weighted by Crippen LogP contribution is -2.33. The van der Waals surface area contributed by atoms with Crippen LogP contribution in [0.5, 0.6) is 0 Å². The summed E-state index contributed by atoms with van der Waals surface area (Å²) in [7, 11) is 0. The molecule has 1 amide bonds. The molecule has 2 rings (SSSR count). The molecule has 2 aromatic carbocycles. The lowest BCUT2D eigenvalue weighted by atomic mass is 9.97. The van der Waals surface area contributed by atoms with Gasteiger partial charge in [-0.3, -0.25) is 9.59 Å². The Balaban J connectivity index is 2.03. The lowest BCUT2D eigenvalue weighted by molar-refractivity contribution is -0.121. The van der Waals surface area contributed by atoms with Crippen LogP contribution in [-0.4, -0.2) is 17.0 Å². The second-order valence-electron chi connectivity index (χ2n) is 5.99. The SMILES string of the molecule is O=C(CCCCCCBr)NC(C(=O)c1ccccc1)c1ccccc1. The third kappa shape index (κ3) is 6.46. The van der Waals surface area contributed by atoms with E-state index in [1.54, 1.807) is 12.1 Å². The number of rotatable bonds is 10. The summed E-state index contributed by atoms with van der Waals surface area (Å²) >= 11 is 3.41. The molecular formula is C21H24BrNO2. The van der Waals surface area contributed by atoms with E-state index in [-0.39, 0.29) is 11.7 Å².